The van der Waals surface area contributed by atoms with Crippen LogP contribution in [-0.2, 0) is 10.2 Å². The number of nitriles is 1. The summed E-state index contributed by atoms with van der Waals surface area (Å²) in [5.41, 5.74) is -2.05. The molecule has 3 aromatic carbocycles. The van der Waals surface area contributed by atoms with E-state index in [-0.39, 0.29) is 38.2 Å². The van der Waals surface area contributed by atoms with Gasteiger partial charge in [-0.1, -0.05) is 69.1 Å². The summed E-state index contributed by atoms with van der Waals surface area (Å²) in [4.78, 5) is 28.0. The molecule has 1 aliphatic rings. The van der Waals surface area contributed by atoms with Crippen LogP contribution < -0.4 is 10.1 Å². The first-order chi connectivity index (χ1) is 21.2. The van der Waals surface area contributed by atoms with Gasteiger partial charge in [-0.2, -0.15) is 5.26 Å². The van der Waals surface area contributed by atoms with Crippen LogP contribution in [0.25, 0.3) is 0 Å². The number of amides is 1. The Morgan fingerprint density at radius 2 is 1.84 bits per heavy atom. The molecule has 4 unspecified atom stereocenters. The van der Waals surface area contributed by atoms with Crippen molar-refractivity contribution in [1.82, 2.24) is 4.90 Å². The largest absolute Gasteiger partial charge is 0.496 e. The third-order valence-electron chi connectivity index (χ3n) is 8.22. The zero-order valence-corrected chi connectivity index (χ0v) is 27.1. The van der Waals surface area contributed by atoms with Crippen molar-refractivity contribution in [1.29, 1.82) is 5.26 Å². The predicted octanol–water partition coefficient (Wildman–Crippen LogP) is 8.06. The molecule has 2 N–H and O–H groups in total. The highest BCUT2D eigenvalue weighted by atomic mass is 35.5. The Hall–Kier alpha value is -3.71. The molecule has 3 aromatic rings. The molecule has 45 heavy (non-hydrogen) atoms. The lowest BCUT2D eigenvalue weighted by molar-refractivity contribution is -0.121. The number of carboxylic acid groups (broad SMARTS) is 1. The van der Waals surface area contributed by atoms with Crippen LogP contribution >= 0.6 is 23.2 Å². The van der Waals surface area contributed by atoms with Gasteiger partial charge in [0.2, 0.25) is 5.91 Å². The monoisotopic (exact) mass is 657 g/mol. The predicted molar refractivity (Wildman–Crippen MR) is 170 cm³/mol. The second kappa shape index (κ2) is 13.3. The summed E-state index contributed by atoms with van der Waals surface area (Å²) in [5, 5.41) is 23.5. The summed E-state index contributed by atoms with van der Waals surface area (Å²) in [7, 11) is 1.31. The van der Waals surface area contributed by atoms with Crippen LogP contribution in [0.5, 0.6) is 5.75 Å². The van der Waals surface area contributed by atoms with Gasteiger partial charge < -0.3 is 15.2 Å². The van der Waals surface area contributed by atoms with E-state index >= 15 is 8.78 Å². The van der Waals surface area contributed by atoms with E-state index in [0.717, 1.165) is 6.07 Å². The highest BCUT2D eigenvalue weighted by molar-refractivity contribution is 6.31. The average molecular weight is 659 g/mol. The number of carboxylic acids is 1. The van der Waals surface area contributed by atoms with Crippen LogP contribution in [0.2, 0.25) is 10.0 Å². The number of anilines is 1. The third-order valence-corrected chi connectivity index (χ3v) is 8.75. The zero-order valence-electron chi connectivity index (χ0n) is 25.6. The normalized spacial score (nSPS) is 21.7. The van der Waals surface area contributed by atoms with Gasteiger partial charge in [0.15, 0.2) is 0 Å². The van der Waals surface area contributed by atoms with Gasteiger partial charge in [0.1, 0.15) is 28.4 Å². The second-order valence-corrected chi connectivity index (χ2v) is 13.2. The van der Waals surface area contributed by atoms with Crippen molar-refractivity contribution in [2.24, 2.45) is 5.41 Å². The molecule has 1 fully saturated rings. The van der Waals surface area contributed by atoms with Gasteiger partial charge in [0.05, 0.1) is 24.2 Å². The number of hydrogen-bond donors (Lipinski definition) is 2. The number of likely N-dealkylation sites (tertiary alicyclic amines) is 1. The number of rotatable bonds is 9. The quantitative estimate of drug-likeness (QED) is 0.241. The first-order valence-electron chi connectivity index (χ1n) is 14.5. The van der Waals surface area contributed by atoms with Gasteiger partial charge in [-0.05, 0) is 60.7 Å². The van der Waals surface area contributed by atoms with Crippen LogP contribution in [0.15, 0.2) is 54.6 Å². The van der Waals surface area contributed by atoms with Crippen LogP contribution in [0.3, 0.4) is 0 Å². The Bertz CT molecular complexity index is 1660. The highest BCUT2D eigenvalue weighted by Gasteiger charge is 2.64. The van der Waals surface area contributed by atoms with Crippen LogP contribution in [0.1, 0.15) is 67.9 Å². The Balaban J connectivity index is 2.03. The van der Waals surface area contributed by atoms with E-state index in [0.29, 0.717) is 19.4 Å². The van der Waals surface area contributed by atoms with E-state index in [1.54, 1.807) is 0 Å². The standard InChI is InChI=1S/C34H35Cl2F2N3O4/c1-6-14-41-27(17-33(2,3)4)34(18-39,23-13-10-19(35)15-25(23)37)28(22-8-7-9-24(36)29(22)38)30(41)31(42)40-20-11-12-21(32(43)44)26(16-20)45-5/h7-13,15-16,27-28,30H,6,14,17H2,1-5H3,(H,40,42)(H,43,44). The molecule has 1 aliphatic heterocycles. The molecule has 0 radical (unpaired) electrons. The van der Waals surface area contributed by atoms with Crippen LogP contribution in [0.4, 0.5) is 14.5 Å². The summed E-state index contributed by atoms with van der Waals surface area (Å²) in [6.07, 6.45) is 0.924. The Morgan fingerprint density at radius 3 is 2.42 bits per heavy atom. The number of nitrogens with one attached hydrogen (secondary N) is 1. The molecule has 0 aromatic heterocycles. The molecular weight excluding hydrogens is 623 g/mol. The van der Waals surface area contributed by atoms with Gasteiger partial charge in [-0.15, -0.1) is 0 Å². The minimum Gasteiger partial charge on any atom is -0.496 e. The minimum absolute atomic E-state index is 0.00286. The number of halogens is 4. The van der Waals surface area contributed by atoms with Crippen LogP contribution in [0, 0.1) is 28.4 Å². The molecule has 0 bridgehead atoms. The van der Waals surface area contributed by atoms with E-state index in [1.807, 2.05) is 32.6 Å². The number of aromatic carboxylic acids is 1. The smallest absolute Gasteiger partial charge is 0.339 e. The molecule has 0 aliphatic carbocycles. The van der Waals surface area contributed by atoms with Gasteiger partial charge >= 0.3 is 5.97 Å². The van der Waals surface area contributed by atoms with E-state index in [9.17, 15) is 20.0 Å². The van der Waals surface area contributed by atoms with E-state index < -0.39 is 52.3 Å². The Morgan fingerprint density at radius 1 is 1.13 bits per heavy atom. The molecular formula is C34H35Cl2F2N3O4. The molecule has 1 saturated heterocycles. The molecule has 4 atom stereocenters. The Kier molecular flexibility index (Phi) is 10.1. The Labute approximate surface area is 271 Å². The zero-order chi connectivity index (χ0) is 33.3. The summed E-state index contributed by atoms with van der Waals surface area (Å²) >= 11 is 12.4. The third kappa shape index (κ3) is 6.51. The molecule has 0 saturated carbocycles. The van der Waals surface area contributed by atoms with Crippen molar-refractivity contribution in [3.8, 4) is 11.8 Å². The maximum atomic E-state index is 16.1. The van der Waals surface area contributed by atoms with Crippen molar-refractivity contribution < 1.29 is 28.2 Å². The summed E-state index contributed by atoms with van der Waals surface area (Å²) in [5.74, 6) is -4.56. The molecule has 238 valence electrons. The fourth-order valence-corrected chi connectivity index (χ4v) is 6.87. The molecule has 0 spiro atoms. The number of ether oxygens (including phenoxy) is 1. The average Bonchev–Trinajstić information content (AvgIpc) is 3.22. The fourth-order valence-electron chi connectivity index (χ4n) is 6.53. The number of carbonyl (C=O) groups is 2. The van der Waals surface area contributed by atoms with Crippen molar-refractivity contribution in [2.45, 2.75) is 64.0 Å². The number of carbonyl (C=O) groups excluding carboxylic acids is 1. The van der Waals surface area contributed by atoms with Crippen molar-refractivity contribution in [2.75, 3.05) is 19.0 Å². The lowest BCUT2D eigenvalue weighted by Gasteiger charge is -2.39. The van der Waals surface area contributed by atoms with Crippen molar-refractivity contribution in [3.05, 3.63) is 93.0 Å². The summed E-state index contributed by atoms with van der Waals surface area (Å²) < 4.78 is 37.4. The van der Waals surface area contributed by atoms with Gasteiger partial charge in [-0.3, -0.25) is 9.69 Å². The maximum absolute atomic E-state index is 16.1. The molecule has 4 rings (SSSR count). The molecule has 11 heteroatoms. The van der Waals surface area contributed by atoms with Crippen LogP contribution in [-0.4, -0.2) is 47.6 Å². The fraction of sp³-hybridized carbons (Fsp3) is 0.382. The summed E-state index contributed by atoms with van der Waals surface area (Å²) in [6.45, 7) is 8.20. The molecule has 7 nitrogen and oxygen atoms in total. The first kappa shape index (κ1) is 34.2. The number of hydrogen-bond acceptors (Lipinski definition) is 5. The molecule has 1 heterocycles. The van der Waals surface area contributed by atoms with Gasteiger partial charge in [0.25, 0.3) is 0 Å². The lowest BCUT2D eigenvalue weighted by Crippen LogP contribution is -2.48. The SMILES string of the molecule is CCCN1C(C(=O)Nc2ccc(C(=O)O)c(OC)c2)C(c2cccc(Cl)c2F)C(C#N)(c2ccc(Cl)cc2F)C1CC(C)(C)C. The van der Waals surface area contributed by atoms with Gasteiger partial charge in [-0.25, -0.2) is 13.6 Å². The van der Waals surface area contributed by atoms with Crippen molar-refractivity contribution >= 4 is 40.8 Å². The number of methoxy groups -OCH3 is 1. The highest BCUT2D eigenvalue weighted by Crippen LogP contribution is 2.56. The number of nitrogens with zero attached hydrogens (tertiary/aromatic N) is 2. The van der Waals surface area contributed by atoms with Crippen molar-refractivity contribution in [3.63, 3.8) is 0 Å². The number of benzene rings is 3. The summed E-state index contributed by atoms with van der Waals surface area (Å²) in [6, 6.07) is 13.0. The lowest BCUT2D eigenvalue weighted by atomic mass is 9.62. The van der Waals surface area contributed by atoms with E-state index in [1.165, 1.54) is 55.6 Å². The second-order valence-electron chi connectivity index (χ2n) is 12.4. The van der Waals surface area contributed by atoms with Gasteiger partial charge in [0, 0.05) is 34.3 Å². The minimum atomic E-state index is -1.77. The van der Waals surface area contributed by atoms with E-state index in [2.05, 4.69) is 11.4 Å². The maximum Gasteiger partial charge on any atom is 0.339 e. The first-order valence-corrected chi connectivity index (χ1v) is 15.2. The molecule has 1 amide bonds. The van der Waals surface area contributed by atoms with E-state index in [4.69, 9.17) is 27.9 Å². The topological polar surface area (TPSA) is 103 Å².